The Labute approximate surface area is 99.3 Å². The number of nitrogens with two attached hydrogens (primary N) is 1. The Bertz CT molecular complexity index is 168. The minimum absolute atomic E-state index is 0.639. The summed E-state index contributed by atoms with van der Waals surface area (Å²) in [6.07, 6.45) is 9.49. The van der Waals surface area contributed by atoms with Crippen LogP contribution >= 0.6 is 0 Å². The van der Waals surface area contributed by atoms with E-state index in [-0.39, 0.29) is 0 Å². The van der Waals surface area contributed by atoms with Gasteiger partial charge in [0.15, 0.2) is 0 Å². The molecule has 0 amide bonds. The molecule has 0 aromatic heterocycles. The summed E-state index contributed by atoms with van der Waals surface area (Å²) in [5.41, 5.74) is 5.76. The number of rotatable bonds is 4. The summed E-state index contributed by atoms with van der Waals surface area (Å²) in [6, 6.07) is 1.42. The molecule has 1 aliphatic carbocycles. The maximum absolute atomic E-state index is 5.76. The number of nitrogens with zero attached hydrogens (tertiary/aromatic N) is 1. The first-order valence-electron chi connectivity index (χ1n) is 6.95. The van der Waals surface area contributed by atoms with E-state index in [0.29, 0.717) is 6.04 Å². The van der Waals surface area contributed by atoms with Crippen LogP contribution in [0.4, 0.5) is 0 Å². The Morgan fingerprint density at radius 3 is 2.38 bits per heavy atom. The number of hydrogen-bond donors (Lipinski definition) is 1. The van der Waals surface area contributed by atoms with Gasteiger partial charge in [0.2, 0.25) is 0 Å². The van der Waals surface area contributed by atoms with E-state index in [1.54, 1.807) is 0 Å². The summed E-state index contributed by atoms with van der Waals surface area (Å²) in [6.45, 7) is 3.72. The summed E-state index contributed by atoms with van der Waals surface area (Å²) in [5, 5.41) is 0. The quantitative estimate of drug-likeness (QED) is 0.794. The number of hydrogen-bond acceptors (Lipinski definition) is 3. The topological polar surface area (TPSA) is 38.5 Å². The largest absolute Gasteiger partial charge is 0.380 e. The SMILES string of the molecule is NCCN(C1CCCCC1)C1CCCOC1. The Kier molecular flexibility index (Phi) is 5.07. The van der Waals surface area contributed by atoms with Gasteiger partial charge in [-0.25, -0.2) is 0 Å². The highest BCUT2D eigenvalue weighted by atomic mass is 16.5. The molecule has 2 aliphatic rings. The minimum Gasteiger partial charge on any atom is -0.380 e. The lowest BCUT2D eigenvalue weighted by atomic mass is 9.92. The van der Waals surface area contributed by atoms with E-state index in [1.165, 1.54) is 44.9 Å². The van der Waals surface area contributed by atoms with Crippen LogP contribution in [-0.2, 0) is 4.74 Å². The van der Waals surface area contributed by atoms with E-state index in [0.717, 1.165) is 32.3 Å². The molecule has 3 nitrogen and oxygen atoms in total. The monoisotopic (exact) mass is 226 g/mol. The van der Waals surface area contributed by atoms with Crippen molar-refractivity contribution in [2.75, 3.05) is 26.3 Å². The fraction of sp³-hybridized carbons (Fsp3) is 1.00. The van der Waals surface area contributed by atoms with Crippen LogP contribution in [0.15, 0.2) is 0 Å². The first-order valence-corrected chi connectivity index (χ1v) is 6.95. The van der Waals surface area contributed by atoms with Gasteiger partial charge in [-0.3, -0.25) is 4.90 Å². The van der Waals surface area contributed by atoms with Gasteiger partial charge in [-0.15, -0.1) is 0 Å². The Morgan fingerprint density at radius 1 is 1.00 bits per heavy atom. The summed E-state index contributed by atoms with van der Waals surface area (Å²) < 4.78 is 5.62. The van der Waals surface area contributed by atoms with Crippen molar-refractivity contribution in [1.82, 2.24) is 4.90 Å². The summed E-state index contributed by atoms with van der Waals surface area (Å²) in [5.74, 6) is 0. The predicted octanol–water partition coefficient (Wildman–Crippen LogP) is 1.76. The second kappa shape index (κ2) is 6.58. The molecule has 0 aromatic rings. The molecular formula is C13H26N2O. The molecule has 16 heavy (non-hydrogen) atoms. The lowest BCUT2D eigenvalue weighted by molar-refractivity contribution is -0.00564. The predicted molar refractivity (Wildman–Crippen MR) is 66.5 cm³/mol. The Hall–Kier alpha value is -0.120. The fourth-order valence-electron chi connectivity index (χ4n) is 3.21. The van der Waals surface area contributed by atoms with Crippen LogP contribution in [-0.4, -0.2) is 43.3 Å². The van der Waals surface area contributed by atoms with Crippen molar-refractivity contribution in [3.8, 4) is 0 Å². The van der Waals surface area contributed by atoms with Crippen molar-refractivity contribution in [3.63, 3.8) is 0 Å². The standard InChI is InChI=1S/C13H26N2O/c14-8-9-15(12-5-2-1-3-6-12)13-7-4-10-16-11-13/h12-13H,1-11,14H2. The van der Waals surface area contributed by atoms with E-state index >= 15 is 0 Å². The smallest absolute Gasteiger partial charge is 0.0621 e. The maximum atomic E-state index is 5.76. The summed E-state index contributed by atoms with van der Waals surface area (Å²) >= 11 is 0. The van der Waals surface area contributed by atoms with E-state index in [1.807, 2.05) is 0 Å². The lowest BCUT2D eigenvalue weighted by Crippen LogP contribution is -2.49. The van der Waals surface area contributed by atoms with Gasteiger partial charge in [0.05, 0.1) is 6.61 Å². The molecule has 0 aromatic carbocycles. The molecule has 0 spiro atoms. The van der Waals surface area contributed by atoms with Gasteiger partial charge in [-0.1, -0.05) is 19.3 Å². The summed E-state index contributed by atoms with van der Waals surface area (Å²) in [7, 11) is 0. The van der Waals surface area contributed by atoms with Crippen LogP contribution < -0.4 is 5.73 Å². The van der Waals surface area contributed by atoms with Crippen LogP contribution in [0.2, 0.25) is 0 Å². The van der Waals surface area contributed by atoms with Crippen LogP contribution in [0.5, 0.6) is 0 Å². The van der Waals surface area contributed by atoms with Crippen LogP contribution in [0.1, 0.15) is 44.9 Å². The highest BCUT2D eigenvalue weighted by Gasteiger charge is 2.28. The van der Waals surface area contributed by atoms with Gasteiger partial charge in [0.1, 0.15) is 0 Å². The molecule has 1 unspecified atom stereocenters. The molecule has 2 fully saturated rings. The molecule has 1 aliphatic heterocycles. The molecule has 2 N–H and O–H groups in total. The van der Waals surface area contributed by atoms with E-state index in [2.05, 4.69) is 4.90 Å². The zero-order valence-corrected chi connectivity index (χ0v) is 10.4. The molecule has 0 bridgehead atoms. The van der Waals surface area contributed by atoms with Gasteiger partial charge in [-0.2, -0.15) is 0 Å². The molecule has 1 atom stereocenters. The normalized spacial score (nSPS) is 28.5. The molecule has 2 rings (SSSR count). The maximum Gasteiger partial charge on any atom is 0.0621 e. The van der Waals surface area contributed by atoms with E-state index < -0.39 is 0 Å². The third-order valence-electron chi connectivity index (χ3n) is 4.04. The third kappa shape index (κ3) is 3.19. The zero-order valence-electron chi connectivity index (χ0n) is 10.4. The minimum atomic E-state index is 0.639. The molecule has 3 heteroatoms. The lowest BCUT2D eigenvalue weighted by Gasteiger charge is -2.41. The average molecular weight is 226 g/mol. The fourth-order valence-corrected chi connectivity index (χ4v) is 3.21. The van der Waals surface area contributed by atoms with Crippen LogP contribution in [0.3, 0.4) is 0 Å². The van der Waals surface area contributed by atoms with Gasteiger partial charge in [0.25, 0.3) is 0 Å². The zero-order chi connectivity index (χ0) is 11.2. The molecule has 0 radical (unpaired) electrons. The van der Waals surface area contributed by atoms with Gasteiger partial charge in [-0.05, 0) is 25.7 Å². The second-order valence-corrected chi connectivity index (χ2v) is 5.19. The van der Waals surface area contributed by atoms with Crippen molar-refractivity contribution < 1.29 is 4.74 Å². The highest BCUT2D eigenvalue weighted by molar-refractivity contribution is 4.83. The second-order valence-electron chi connectivity index (χ2n) is 5.19. The summed E-state index contributed by atoms with van der Waals surface area (Å²) in [4.78, 5) is 2.65. The van der Waals surface area contributed by atoms with Crippen LogP contribution in [0, 0.1) is 0 Å². The first-order chi connectivity index (χ1) is 7.92. The number of ether oxygens (including phenoxy) is 1. The highest BCUT2D eigenvalue weighted by Crippen LogP contribution is 2.26. The average Bonchev–Trinajstić information content (AvgIpc) is 2.38. The van der Waals surface area contributed by atoms with E-state index in [9.17, 15) is 0 Å². The molecule has 94 valence electrons. The van der Waals surface area contributed by atoms with Crippen molar-refractivity contribution in [3.05, 3.63) is 0 Å². The van der Waals surface area contributed by atoms with Crippen LogP contribution in [0.25, 0.3) is 0 Å². The third-order valence-corrected chi connectivity index (χ3v) is 4.04. The van der Waals surface area contributed by atoms with Gasteiger partial charge >= 0.3 is 0 Å². The van der Waals surface area contributed by atoms with Gasteiger partial charge < -0.3 is 10.5 Å². The van der Waals surface area contributed by atoms with Crippen molar-refractivity contribution in [1.29, 1.82) is 0 Å². The van der Waals surface area contributed by atoms with Crippen molar-refractivity contribution >= 4 is 0 Å². The molecular weight excluding hydrogens is 200 g/mol. The van der Waals surface area contributed by atoms with Crippen molar-refractivity contribution in [2.24, 2.45) is 5.73 Å². The van der Waals surface area contributed by atoms with Crippen molar-refractivity contribution in [2.45, 2.75) is 57.0 Å². The van der Waals surface area contributed by atoms with E-state index in [4.69, 9.17) is 10.5 Å². The van der Waals surface area contributed by atoms with Gasteiger partial charge in [0, 0.05) is 31.8 Å². The first kappa shape index (κ1) is 12.3. The molecule has 1 saturated carbocycles. The molecule has 1 heterocycles. The Balaban J connectivity index is 1.91. The molecule has 1 saturated heterocycles. The Morgan fingerprint density at radius 2 is 1.75 bits per heavy atom.